The summed E-state index contributed by atoms with van der Waals surface area (Å²) in [5.74, 6) is 0.0515. The van der Waals surface area contributed by atoms with Crippen LogP contribution in [0.25, 0.3) is 0 Å². The highest BCUT2D eigenvalue weighted by atomic mass is 19.3. The Balaban J connectivity index is 2.28. The Morgan fingerprint density at radius 3 is 2.38 bits per heavy atom. The predicted octanol–water partition coefficient (Wildman–Crippen LogP) is 4.39. The van der Waals surface area contributed by atoms with Gasteiger partial charge in [0.15, 0.2) is 0 Å². The average Bonchev–Trinajstić information content (AvgIpc) is 2.30. The van der Waals surface area contributed by atoms with Crippen LogP contribution >= 0.6 is 0 Å². The maximum Gasteiger partial charge on any atom is 0.358 e. The van der Waals surface area contributed by atoms with Crippen molar-refractivity contribution < 1.29 is 13.5 Å². The molecule has 0 amide bonds. The van der Waals surface area contributed by atoms with E-state index in [0.29, 0.717) is 18.8 Å². The highest BCUT2D eigenvalue weighted by Crippen LogP contribution is 2.40. The van der Waals surface area contributed by atoms with E-state index in [9.17, 15) is 8.78 Å². The first-order chi connectivity index (χ1) is 7.60. The van der Waals surface area contributed by atoms with Gasteiger partial charge in [-0.1, -0.05) is 12.2 Å². The molecule has 0 radical (unpaired) electrons. The monoisotopic (exact) mass is 232 g/mol. The van der Waals surface area contributed by atoms with Gasteiger partial charge < -0.3 is 4.74 Å². The van der Waals surface area contributed by atoms with Gasteiger partial charge in [0.05, 0.1) is 5.92 Å². The highest BCUT2D eigenvalue weighted by molar-refractivity contribution is 4.81. The van der Waals surface area contributed by atoms with Gasteiger partial charge in [0, 0.05) is 7.11 Å². The van der Waals surface area contributed by atoms with Crippen molar-refractivity contribution in [2.75, 3.05) is 7.11 Å². The van der Waals surface area contributed by atoms with Gasteiger partial charge in [0.1, 0.15) is 0 Å². The third-order valence-electron chi connectivity index (χ3n) is 3.57. The summed E-state index contributed by atoms with van der Waals surface area (Å²) in [6.07, 6.45) is 6.52. The second-order valence-electron chi connectivity index (χ2n) is 4.63. The van der Waals surface area contributed by atoms with E-state index in [2.05, 4.69) is 10.8 Å². The molecule has 1 aliphatic carbocycles. The summed E-state index contributed by atoms with van der Waals surface area (Å²) in [7, 11) is 1.10. The summed E-state index contributed by atoms with van der Waals surface area (Å²) in [5, 5.41) is 0. The first kappa shape index (κ1) is 13.6. The van der Waals surface area contributed by atoms with E-state index in [-0.39, 0.29) is 0 Å². The first-order valence-corrected chi connectivity index (χ1v) is 6.14. The molecule has 0 bridgehead atoms. The van der Waals surface area contributed by atoms with Crippen molar-refractivity contribution in [2.45, 2.75) is 51.6 Å². The smallest absolute Gasteiger partial charge is 0.324 e. The molecule has 1 fully saturated rings. The lowest BCUT2D eigenvalue weighted by Gasteiger charge is -2.32. The van der Waals surface area contributed by atoms with Crippen molar-refractivity contribution in [1.29, 1.82) is 0 Å². The van der Waals surface area contributed by atoms with E-state index in [1.165, 1.54) is 0 Å². The molecule has 3 heteroatoms. The van der Waals surface area contributed by atoms with Gasteiger partial charge in [-0.3, -0.25) is 0 Å². The Kier molecular flexibility index (Phi) is 5.39. The van der Waals surface area contributed by atoms with E-state index >= 15 is 0 Å². The lowest BCUT2D eigenvalue weighted by Crippen LogP contribution is -2.33. The van der Waals surface area contributed by atoms with Crippen LogP contribution in [0.2, 0.25) is 0 Å². The van der Waals surface area contributed by atoms with Crippen LogP contribution in [-0.4, -0.2) is 13.2 Å². The molecular weight excluding hydrogens is 210 g/mol. The minimum atomic E-state index is -2.92. The summed E-state index contributed by atoms with van der Waals surface area (Å²) in [5.41, 5.74) is 0. The van der Waals surface area contributed by atoms with Crippen LogP contribution < -0.4 is 0 Å². The summed E-state index contributed by atoms with van der Waals surface area (Å²) in [4.78, 5) is 0. The van der Waals surface area contributed by atoms with Gasteiger partial charge in [0.2, 0.25) is 0 Å². The van der Waals surface area contributed by atoms with E-state index in [1.807, 2.05) is 13.0 Å². The highest BCUT2D eigenvalue weighted by Gasteiger charge is 2.41. The lowest BCUT2D eigenvalue weighted by atomic mass is 9.79. The molecule has 1 aliphatic rings. The summed E-state index contributed by atoms with van der Waals surface area (Å²) < 4.78 is 30.7. The molecular formula is C13H22F2O. The Bertz CT molecular complexity index is 218. The third kappa shape index (κ3) is 3.85. The van der Waals surface area contributed by atoms with Gasteiger partial charge in [-0.25, -0.2) is 0 Å². The predicted molar refractivity (Wildman–Crippen MR) is 61.5 cm³/mol. The van der Waals surface area contributed by atoms with Crippen LogP contribution in [0, 0.1) is 11.8 Å². The fourth-order valence-corrected chi connectivity index (χ4v) is 2.45. The van der Waals surface area contributed by atoms with Crippen LogP contribution in [0.3, 0.4) is 0 Å². The normalized spacial score (nSPS) is 27.5. The van der Waals surface area contributed by atoms with E-state index in [0.717, 1.165) is 32.8 Å². The van der Waals surface area contributed by atoms with Crippen molar-refractivity contribution in [3.8, 4) is 0 Å². The molecule has 0 N–H and O–H groups in total. The molecule has 0 aromatic carbocycles. The van der Waals surface area contributed by atoms with Crippen LogP contribution in [0.15, 0.2) is 12.2 Å². The number of hydrogen-bond acceptors (Lipinski definition) is 1. The molecule has 0 spiro atoms. The Morgan fingerprint density at radius 2 is 1.88 bits per heavy atom. The van der Waals surface area contributed by atoms with E-state index in [4.69, 9.17) is 0 Å². The van der Waals surface area contributed by atoms with Crippen molar-refractivity contribution >= 4 is 0 Å². The van der Waals surface area contributed by atoms with Crippen molar-refractivity contribution in [2.24, 2.45) is 11.8 Å². The van der Waals surface area contributed by atoms with Gasteiger partial charge in [-0.2, -0.15) is 8.78 Å². The molecule has 1 saturated carbocycles. The van der Waals surface area contributed by atoms with Crippen LogP contribution in [0.1, 0.15) is 45.4 Å². The zero-order chi connectivity index (χ0) is 12.0. The summed E-state index contributed by atoms with van der Waals surface area (Å²) >= 11 is 0. The minimum Gasteiger partial charge on any atom is -0.324 e. The lowest BCUT2D eigenvalue weighted by molar-refractivity contribution is -0.262. The van der Waals surface area contributed by atoms with Gasteiger partial charge >= 0.3 is 6.11 Å². The molecule has 0 aromatic heterocycles. The molecule has 0 unspecified atom stereocenters. The van der Waals surface area contributed by atoms with Crippen LogP contribution in [-0.2, 0) is 4.74 Å². The Labute approximate surface area is 96.9 Å². The third-order valence-corrected chi connectivity index (χ3v) is 3.57. The molecule has 0 heterocycles. The Hall–Kier alpha value is -0.440. The minimum absolute atomic E-state index is 0.574. The number of hydrogen-bond donors (Lipinski definition) is 0. The van der Waals surface area contributed by atoms with Crippen LogP contribution in [0.5, 0.6) is 0 Å². The Morgan fingerprint density at radius 1 is 1.25 bits per heavy atom. The molecule has 0 aliphatic heterocycles. The van der Waals surface area contributed by atoms with Gasteiger partial charge in [-0.05, 0) is 51.4 Å². The first-order valence-electron chi connectivity index (χ1n) is 6.14. The zero-order valence-electron chi connectivity index (χ0n) is 10.2. The zero-order valence-corrected chi connectivity index (χ0v) is 10.2. The molecule has 0 atom stereocenters. The molecule has 1 rings (SSSR count). The molecule has 0 saturated heterocycles. The number of alkyl halides is 2. The topological polar surface area (TPSA) is 9.23 Å². The van der Waals surface area contributed by atoms with Gasteiger partial charge in [-0.15, -0.1) is 0 Å². The fourth-order valence-electron chi connectivity index (χ4n) is 2.45. The number of methoxy groups -OCH3 is 1. The average molecular weight is 232 g/mol. The second kappa shape index (κ2) is 6.33. The summed E-state index contributed by atoms with van der Waals surface area (Å²) in [6.45, 7) is 2.01. The standard InChI is InChI=1S/C13H22F2O/c1-3-4-5-6-11-7-9-12(10-8-11)13(14,15)16-2/h3-4,11-12H,5-10H2,1-2H3. The largest absolute Gasteiger partial charge is 0.358 e. The maximum absolute atomic E-state index is 13.2. The second-order valence-corrected chi connectivity index (χ2v) is 4.63. The quantitative estimate of drug-likeness (QED) is 0.639. The molecule has 94 valence electrons. The molecule has 1 nitrogen and oxygen atoms in total. The SMILES string of the molecule is CC=CCCC1CCC(C(F)(F)OC)CC1. The fraction of sp³-hybridized carbons (Fsp3) is 0.846. The molecule has 16 heavy (non-hydrogen) atoms. The van der Waals surface area contributed by atoms with Crippen molar-refractivity contribution in [3.05, 3.63) is 12.2 Å². The molecule has 0 aromatic rings. The maximum atomic E-state index is 13.2. The van der Waals surface area contributed by atoms with Gasteiger partial charge in [0.25, 0.3) is 0 Å². The number of rotatable bonds is 5. The van der Waals surface area contributed by atoms with E-state index < -0.39 is 12.0 Å². The van der Waals surface area contributed by atoms with E-state index in [1.54, 1.807) is 0 Å². The number of ether oxygens (including phenoxy) is 1. The number of halogens is 2. The number of allylic oxidation sites excluding steroid dienone is 2. The van der Waals surface area contributed by atoms with Crippen LogP contribution in [0.4, 0.5) is 8.78 Å². The van der Waals surface area contributed by atoms with Crippen molar-refractivity contribution in [1.82, 2.24) is 0 Å². The van der Waals surface area contributed by atoms with Crippen molar-refractivity contribution in [3.63, 3.8) is 0 Å². The summed E-state index contributed by atoms with van der Waals surface area (Å²) in [6, 6.07) is 0.